The van der Waals surface area contributed by atoms with Crippen LogP contribution in [0.15, 0.2) is 41.5 Å². The Kier molecular flexibility index (Phi) is 7.51. The highest BCUT2D eigenvalue weighted by Crippen LogP contribution is 2.30. The number of piperidine rings is 2. The van der Waals surface area contributed by atoms with Crippen molar-refractivity contribution in [1.29, 1.82) is 0 Å². The quantitative estimate of drug-likeness (QED) is 0.407. The van der Waals surface area contributed by atoms with Crippen LogP contribution in [-0.2, 0) is 6.54 Å². The number of aryl methyl sites for hydroxylation is 1. The smallest absolute Gasteiger partial charge is 0.191 e. The predicted octanol–water partition coefficient (Wildman–Crippen LogP) is 3.15. The van der Waals surface area contributed by atoms with Crippen LogP contribution < -0.4 is 10.6 Å². The van der Waals surface area contributed by atoms with Crippen LogP contribution in [0.25, 0.3) is 10.9 Å². The topological polar surface area (TPSA) is 47.8 Å². The maximum atomic E-state index is 4.51. The summed E-state index contributed by atoms with van der Waals surface area (Å²) in [6.07, 6.45) is 9.83. The molecule has 0 amide bonds. The average molecular weight is 425 g/mol. The van der Waals surface area contributed by atoms with Gasteiger partial charge in [-0.05, 0) is 82.8 Å². The summed E-state index contributed by atoms with van der Waals surface area (Å²) in [5.41, 5.74) is 1.59. The second-order valence-corrected chi connectivity index (χ2v) is 9.35. The standard InChI is InChI=1S/C25H40N6/c1-26-24(27-14-8-15-30-18-11-22-9-4-5-10-23(22)30)28-21-25(12-19-29(2)20-13-25)31-16-6-3-7-17-31/h4-5,9-11,18H,3,6-8,12-17,19-21H2,1-2H3,(H2,26,27,28). The molecule has 31 heavy (non-hydrogen) atoms. The summed E-state index contributed by atoms with van der Waals surface area (Å²) in [6, 6.07) is 10.8. The Balaban J connectivity index is 1.27. The summed E-state index contributed by atoms with van der Waals surface area (Å²) in [4.78, 5) is 9.76. The predicted molar refractivity (Wildman–Crippen MR) is 131 cm³/mol. The van der Waals surface area contributed by atoms with Gasteiger partial charge in [0.2, 0.25) is 0 Å². The van der Waals surface area contributed by atoms with Crippen LogP contribution >= 0.6 is 0 Å². The van der Waals surface area contributed by atoms with Gasteiger partial charge in [0.05, 0.1) is 0 Å². The lowest BCUT2D eigenvalue weighted by molar-refractivity contribution is 0.0173. The van der Waals surface area contributed by atoms with E-state index in [4.69, 9.17) is 0 Å². The number of guanidine groups is 1. The van der Waals surface area contributed by atoms with E-state index in [0.29, 0.717) is 0 Å². The number of aromatic nitrogens is 1. The van der Waals surface area contributed by atoms with Gasteiger partial charge in [-0.3, -0.25) is 9.89 Å². The van der Waals surface area contributed by atoms with E-state index >= 15 is 0 Å². The van der Waals surface area contributed by atoms with Crippen LogP contribution in [0, 0.1) is 0 Å². The fraction of sp³-hybridized carbons (Fsp3) is 0.640. The third kappa shape index (κ3) is 5.42. The van der Waals surface area contributed by atoms with Crippen molar-refractivity contribution in [1.82, 2.24) is 25.0 Å². The summed E-state index contributed by atoms with van der Waals surface area (Å²) >= 11 is 0. The first-order chi connectivity index (χ1) is 15.2. The van der Waals surface area contributed by atoms with Gasteiger partial charge < -0.3 is 20.1 Å². The molecule has 2 fully saturated rings. The monoisotopic (exact) mass is 424 g/mol. The normalized spacial score (nSPS) is 20.8. The fourth-order valence-corrected chi connectivity index (χ4v) is 5.27. The Labute approximate surface area is 187 Å². The molecule has 0 radical (unpaired) electrons. The Morgan fingerprint density at radius 1 is 1.00 bits per heavy atom. The second-order valence-electron chi connectivity index (χ2n) is 9.35. The van der Waals surface area contributed by atoms with Crippen molar-refractivity contribution in [2.24, 2.45) is 4.99 Å². The highest BCUT2D eigenvalue weighted by atomic mass is 15.3. The molecule has 2 aliphatic rings. The Bertz CT molecular complexity index is 843. The summed E-state index contributed by atoms with van der Waals surface area (Å²) < 4.78 is 2.34. The number of likely N-dealkylation sites (tertiary alicyclic amines) is 2. The van der Waals surface area contributed by atoms with Crippen molar-refractivity contribution in [3.63, 3.8) is 0 Å². The van der Waals surface area contributed by atoms with Crippen molar-refractivity contribution < 1.29 is 0 Å². The average Bonchev–Trinajstić information content (AvgIpc) is 3.23. The van der Waals surface area contributed by atoms with E-state index in [1.807, 2.05) is 7.05 Å². The molecule has 170 valence electrons. The number of nitrogens with one attached hydrogen (secondary N) is 2. The lowest BCUT2D eigenvalue weighted by atomic mass is 9.84. The van der Waals surface area contributed by atoms with E-state index in [0.717, 1.165) is 32.0 Å². The zero-order chi connectivity index (χ0) is 21.5. The van der Waals surface area contributed by atoms with Gasteiger partial charge in [0.1, 0.15) is 0 Å². The van der Waals surface area contributed by atoms with Crippen LogP contribution in [0.3, 0.4) is 0 Å². The lowest BCUT2D eigenvalue weighted by Crippen LogP contribution is -2.62. The molecule has 0 spiro atoms. The summed E-state index contributed by atoms with van der Waals surface area (Å²) in [5.74, 6) is 0.938. The number of hydrogen-bond acceptors (Lipinski definition) is 3. The molecule has 0 saturated carbocycles. The zero-order valence-corrected chi connectivity index (χ0v) is 19.4. The molecule has 4 rings (SSSR count). The second kappa shape index (κ2) is 10.5. The van der Waals surface area contributed by atoms with Gasteiger partial charge >= 0.3 is 0 Å². The summed E-state index contributed by atoms with van der Waals surface area (Å²) in [6.45, 7) is 7.81. The van der Waals surface area contributed by atoms with Gasteiger partial charge in [0.25, 0.3) is 0 Å². The highest BCUT2D eigenvalue weighted by molar-refractivity contribution is 5.80. The molecule has 6 nitrogen and oxygen atoms in total. The first kappa shape index (κ1) is 22.2. The van der Waals surface area contributed by atoms with Gasteiger partial charge in [-0.2, -0.15) is 0 Å². The molecule has 6 heteroatoms. The van der Waals surface area contributed by atoms with Gasteiger partial charge in [0, 0.05) is 43.9 Å². The molecule has 2 saturated heterocycles. The third-order valence-electron chi connectivity index (χ3n) is 7.30. The van der Waals surface area contributed by atoms with Crippen molar-refractivity contribution in [3.05, 3.63) is 36.5 Å². The molecule has 3 heterocycles. The minimum atomic E-state index is 0.272. The van der Waals surface area contributed by atoms with E-state index in [9.17, 15) is 0 Å². The number of benzene rings is 1. The van der Waals surface area contributed by atoms with Crippen LogP contribution in [0.5, 0.6) is 0 Å². The maximum Gasteiger partial charge on any atom is 0.191 e. The summed E-state index contributed by atoms with van der Waals surface area (Å²) in [7, 11) is 4.14. The van der Waals surface area contributed by atoms with E-state index in [1.54, 1.807) is 0 Å². The molecule has 2 N–H and O–H groups in total. The molecule has 0 unspecified atom stereocenters. The Hall–Kier alpha value is -2.05. The first-order valence-corrected chi connectivity index (χ1v) is 12.1. The zero-order valence-electron chi connectivity index (χ0n) is 19.4. The van der Waals surface area contributed by atoms with Crippen molar-refractivity contribution in [2.45, 2.75) is 50.6 Å². The molecule has 0 bridgehead atoms. The van der Waals surface area contributed by atoms with Gasteiger partial charge in [-0.15, -0.1) is 0 Å². The van der Waals surface area contributed by atoms with Crippen LogP contribution in [-0.4, -0.2) is 79.2 Å². The molecule has 2 aliphatic heterocycles. The van der Waals surface area contributed by atoms with E-state index < -0.39 is 0 Å². The minimum Gasteiger partial charge on any atom is -0.356 e. The molecule has 1 aromatic heterocycles. The molecule has 0 aliphatic carbocycles. The Morgan fingerprint density at radius 3 is 2.55 bits per heavy atom. The highest BCUT2D eigenvalue weighted by Gasteiger charge is 2.39. The summed E-state index contributed by atoms with van der Waals surface area (Å²) in [5, 5.41) is 8.55. The number of rotatable bonds is 7. The molecular formula is C25H40N6. The van der Waals surface area contributed by atoms with Crippen LogP contribution in [0.1, 0.15) is 38.5 Å². The van der Waals surface area contributed by atoms with Crippen LogP contribution in [0.2, 0.25) is 0 Å². The number of fused-ring (bicyclic) bond motifs is 1. The first-order valence-electron chi connectivity index (χ1n) is 12.1. The maximum absolute atomic E-state index is 4.51. The van der Waals surface area contributed by atoms with Gasteiger partial charge in [-0.1, -0.05) is 24.6 Å². The molecule has 0 atom stereocenters. The largest absolute Gasteiger partial charge is 0.356 e. The van der Waals surface area contributed by atoms with E-state index in [-0.39, 0.29) is 5.54 Å². The SMILES string of the molecule is CN=C(NCCCn1ccc2ccccc21)NCC1(N2CCCCC2)CCN(C)CC1. The number of aliphatic imine (C=N–C) groups is 1. The molecular weight excluding hydrogens is 384 g/mol. The van der Waals surface area contributed by atoms with Crippen LogP contribution in [0.4, 0.5) is 0 Å². The van der Waals surface area contributed by atoms with E-state index in [2.05, 4.69) is 73.6 Å². The number of para-hydroxylation sites is 1. The van der Waals surface area contributed by atoms with Crippen molar-refractivity contribution in [2.75, 3.05) is 53.4 Å². The Morgan fingerprint density at radius 2 is 1.77 bits per heavy atom. The number of hydrogen-bond donors (Lipinski definition) is 2. The molecule has 2 aromatic rings. The van der Waals surface area contributed by atoms with E-state index in [1.165, 1.54) is 69.2 Å². The number of nitrogens with zero attached hydrogens (tertiary/aromatic N) is 4. The third-order valence-corrected chi connectivity index (χ3v) is 7.30. The van der Waals surface area contributed by atoms with Crippen molar-refractivity contribution >= 4 is 16.9 Å². The minimum absolute atomic E-state index is 0.272. The van der Waals surface area contributed by atoms with Gasteiger partial charge in [-0.25, -0.2) is 0 Å². The molecule has 1 aromatic carbocycles. The van der Waals surface area contributed by atoms with Crippen molar-refractivity contribution in [3.8, 4) is 0 Å². The lowest BCUT2D eigenvalue weighted by Gasteiger charge is -2.50. The van der Waals surface area contributed by atoms with Gasteiger partial charge in [0.15, 0.2) is 5.96 Å². The fourth-order valence-electron chi connectivity index (χ4n) is 5.27.